The maximum absolute atomic E-state index is 11.6. The van der Waals surface area contributed by atoms with Crippen LogP contribution in [0.25, 0.3) is 21.8 Å². The number of anilines is 2. The Morgan fingerprint density at radius 3 is 1.63 bits per heavy atom. The van der Waals surface area contributed by atoms with Gasteiger partial charge in [0.2, 0.25) is 0 Å². The summed E-state index contributed by atoms with van der Waals surface area (Å²) in [5.74, 6) is -1.36. The Labute approximate surface area is 275 Å². The summed E-state index contributed by atoms with van der Waals surface area (Å²) >= 11 is 11.9. The number of carboxylic acids is 1. The van der Waals surface area contributed by atoms with Gasteiger partial charge in [0.1, 0.15) is 0 Å². The summed E-state index contributed by atoms with van der Waals surface area (Å²) in [4.78, 5) is 39.5. The van der Waals surface area contributed by atoms with Crippen LogP contribution in [0.2, 0.25) is 10.0 Å². The molecule has 0 atom stereocenters. The van der Waals surface area contributed by atoms with E-state index in [0.29, 0.717) is 51.0 Å². The molecular formula is C34H30Cl2N6O4. The largest absolute Gasteiger partial charge is 0.478 e. The highest BCUT2D eigenvalue weighted by molar-refractivity contribution is 6.31. The minimum absolute atomic E-state index is 0. The number of hydrogen-bond acceptors (Lipinski definition) is 9. The van der Waals surface area contributed by atoms with Crippen LogP contribution in [0.4, 0.5) is 11.4 Å². The molecule has 0 aliphatic rings. The summed E-state index contributed by atoms with van der Waals surface area (Å²) in [5, 5.41) is 11.8. The molecule has 4 aromatic heterocycles. The highest BCUT2D eigenvalue weighted by Crippen LogP contribution is 2.26. The van der Waals surface area contributed by atoms with Crippen LogP contribution in [0.15, 0.2) is 85.5 Å². The van der Waals surface area contributed by atoms with Crippen molar-refractivity contribution < 1.29 is 19.4 Å². The average molecular weight is 658 g/mol. The third-order valence-electron chi connectivity index (χ3n) is 6.75. The molecular weight excluding hydrogens is 627 g/mol. The number of aromatic nitrogens is 4. The molecule has 0 saturated heterocycles. The number of aromatic carboxylic acids is 1. The molecule has 4 heterocycles. The molecule has 0 saturated carbocycles. The van der Waals surface area contributed by atoms with E-state index in [4.69, 9.17) is 44.5 Å². The zero-order valence-corrected chi connectivity index (χ0v) is 25.4. The first-order chi connectivity index (χ1) is 21.6. The number of nitrogens with zero attached hydrogens (tertiary/aromatic N) is 4. The van der Waals surface area contributed by atoms with Crippen molar-refractivity contribution in [1.29, 1.82) is 0 Å². The van der Waals surface area contributed by atoms with Gasteiger partial charge in [0, 0.05) is 59.8 Å². The number of rotatable bonds is 6. The van der Waals surface area contributed by atoms with Gasteiger partial charge in [-0.3, -0.25) is 19.9 Å². The summed E-state index contributed by atoms with van der Waals surface area (Å²) < 4.78 is 4.72. The van der Waals surface area contributed by atoms with E-state index in [-0.39, 0.29) is 19.0 Å². The van der Waals surface area contributed by atoms with Crippen LogP contribution in [0.3, 0.4) is 0 Å². The lowest BCUT2D eigenvalue weighted by Gasteiger charge is -2.07. The number of esters is 1. The second kappa shape index (κ2) is 14.6. The standard InChI is InChI=1S/C17H14ClN3O2.C16H12ClN3O2.CH4/c1-23-17(22)11-2-3-20-14(8-11)5-10-4-12-7-13(18)9-21-16(12)15(19)6-10;17-12-6-11-3-9(5-14(18)15(11)20-8-12)4-13-7-10(16(21)22)1-2-19-13;/h2-4,6-9H,5,19H2,1H3;1-3,5-8H,4,18H2,(H,21,22);1H4. The van der Waals surface area contributed by atoms with Crippen LogP contribution in [-0.4, -0.2) is 44.1 Å². The lowest BCUT2D eigenvalue weighted by molar-refractivity contribution is 0.0599. The molecule has 46 heavy (non-hydrogen) atoms. The summed E-state index contributed by atoms with van der Waals surface area (Å²) in [6.07, 6.45) is 7.22. The summed E-state index contributed by atoms with van der Waals surface area (Å²) in [5.41, 5.74) is 18.6. The Balaban J connectivity index is 0.000000205. The number of nitrogen functional groups attached to an aromatic ring is 2. The summed E-state index contributed by atoms with van der Waals surface area (Å²) in [6.45, 7) is 0. The van der Waals surface area contributed by atoms with Crippen molar-refractivity contribution >= 4 is 68.3 Å². The van der Waals surface area contributed by atoms with Crippen LogP contribution >= 0.6 is 23.2 Å². The van der Waals surface area contributed by atoms with Crippen LogP contribution in [0, 0.1) is 0 Å². The Bertz CT molecular complexity index is 2070. The van der Waals surface area contributed by atoms with E-state index in [0.717, 1.165) is 33.1 Å². The van der Waals surface area contributed by atoms with Gasteiger partial charge >= 0.3 is 11.9 Å². The third kappa shape index (κ3) is 8.03. The monoisotopic (exact) mass is 656 g/mol. The summed E-state index contributed by atoms with van der Waals surface area (Å²) in [7, 11) is 1.35. The minimum atomic E-state index is -0.974. The van der Waals surface area contributed by atoms with E-state index in [1.165, 1.54) is 19.4 Å². The van der Waals surface area contributed by atoms with Gasteiger partial charge < -0.3 is 21.3 Å². The van der Waals surface area contributed by atoms with Gasteiger partial charge in [0.15, 0.2) is 0 Å². The molecule has 12 heteroatoms. The van der Waals surface area contributed by atoms with Gasteiger partial charge in [-0.2, -0.15) is 0 Å². The maximum Gasteiger partial charge on any atom is 0.337 e. The fourth-order valence-corrected chi connectivity index (χ4v) is 5.11. The zero-order valence-electron chi connectivity index (χ0n) is 23.9. The Hall–Kier alpha value is -5.32. The molecule has 0 fully saturated rings. The molecule has 0 amide bonds. The SMILES string of the molecule is C.COC(=O)c1ccnc(Cc2cc(N)c3ncc(Cl)cc3c2)c1.Nc1cc(Cc2cc(C(=O)O)ccn2)cc2cc(Cl)cnc12. The second-order valence-electron chi connectivity index (χ2n) is 10.0. The number of ether oxygens (including phenoxy) is 1. The van der Waals surface area contributed by atoms with Gasteiger partial charge in [-0.05, 0) is 71.8 Å². The lowest BCUT2D eigenvalue weighted by atomic mass is 10.0. The molecule has 0 unspecified atom stereocenters. The number of benzene rings is 2. The van der Waals surface area contributed by atoms with E-state index in [1.807, 2.05) is 30.3 Å². The van der Waals surface area contributed by atoms with Gasteiger partial charge in [0.05, 0.1) is 50.7 Å². The first-order valence-corrected chi connectivity index (χ1v) is 14.2. The molecule has 5 N–H and O–H groups in total. The van der Waals surface area contributed by atoms with E-state index < -0.39 is 5.97 Å². The maximum atomic E-state index is 11.6. The first-order valence-electron chi connectivity index (χ1n) is 13.5. The molecule has 0 aliphatic carbocycles. The quantitative estimate of drug-likeness (QED) is 0.125. The number of pyridine rings is 4. The van der Waals surface area contributed by atoms with Crippen molar-refractivity contribution in [3.05, 3.63) is 129 Å². The van der Waals surface area contributed by atoms with Gasteiger partial charge in [0.25, 0.3) is 0 Å². The molecule has 234 valence electrons. The van der Waals surface area contributed by atoms with Crippen molar-refractivity contribution in [2.45, 2.75) is 20.3 Å². The van der Waals surface area contributed by atoms with Crippen molar-refractivity contribution in [2.24, 2.45) is 0 Å². The predicted molar refractivity (Wildman–Crippen MR) is 181 cm³/mol. The molecule has 0 bridgehead atoms. The molecule has 10 nitrogen and oxygen atoms in total. The fraction of sp³-hybridized carbons (Fsp3) is 0.118. The van der Waals surface area contributed by atoms with E-state index >= 15 is 0 Å². The number of carbonyl (C=O) groups is 2. The van der Waals surface area contributed by atoms with Crippen molar-refractivity contribution in [3.8, 4) is 0 Å². The molecule has 6 rings (SSSR count). The first kappa shape index (κ1) is 33.6. The molecule has 0 aliphatic heterocycles. The zero-order chi connectivity index (χ0) is 32.1. The van der Waals surface area contributed by atoms with Gasteiger partial charge in [-0.1, -0.05) is 30.6 Å². The number of hydrogen-bond donors (Lipinski definition) is 3. The smallest absolute Gasteiger partial charge is 0.337 e. The van der Waals surface area contributed by atoms with Crippen LogP contribution < -0.4 is 11.5 Å². The van der Waals surface area contributed by atoms with Crippen LogP contribution in [-0.2, 0) is 17.6 Å². The van der Waals surface area contributed by atoms with E-state index in [9.17, 15) is 9.59 Å². The predicted octanol–water partition coefficient (Wildman–Crippen LogP) is 7.03. The molecule has 6 aromatic rings. The van der Waals surface area contributed by atoms with E-state index in [1.54, 1.807) is 42.9 Å². The summed E-state index contributed by atoms with van der Waals surface area (Å²) in [6, 6.07) is 17.5. The van der Waals surface area contributed by atoms with Crippen molar-refractivity contribution in [1.82, 2.24) is 19.9 Å². The Morgan fingerprint density at radius 1 is 0.717 bits per heavy atom. The molecule has 2 aromatic carbocycles. The normalized spacial score (nSPS) is 10.5. The third-order valence-corrected chi connectivity index (χ3v) is 7.16. The van der Waals surface area contributed by atoms with Crippen molar-refractivity contribution in [3.63, 3.8) is 0 Å². The molecule has 0 radical (unpaired) electrons. The topological polar surface area (TPSA) is 167 Å². The lowest BCUT2D eigenvalue weighted by Crippen LogP contribution is -2.03. The fourth-order valence-electron chi connectivity index (χ4n) is 4.78. The Morgan fingerprint density at radius 2 is 1.17 bits per heavy atom. The number of carbonyl (C=O) groups excluding carboxylic acids is 1. The number of halogens is 2. The number of methoxy groups -OCH3 is 1. The van der Waals surface area contributed by atoms with Gasteiger partial charge in [-0.25, -0.2) is 9.59 Å². The van der Waals surface area contributed by atoms with Crippen LogP contribution in [0.5, 0.6) is 0 Å². The highest BCUT2D eigenvalue weighted by Gasteiger charge is 2.10. The second-order valence-corrected chi connectivity index (χ2v) is 10.9. The average Bonchev–Trinajstić information content (AvgIpc) is 3.01. The Kier molecular flexibility index (Phi) is 10.7. The molecule has 0 spiro atoms. The number of fused-ring (bicyclic) bond motifs is 2. The van der Waals surface area contributed by atoms with Gasteiger partial charge in [-0.15, -0.1) is 0 Å². The minimum Gasteiger partial charge on any atom is -0.478 e. The number of carboxylic acid groups (broad SMARTS) is 1. The number of nitrogens with two attached hydrogens (primary N) is 2. The van der Waals surface area contributed by atoms with E-state index in [2.05, 4.69) is 19.9 Å². The van der Waals surface area contributed by atoms with Crippen molar-refractivity contribution in [2.75, 3.05) is 18.6 Å². The van der Waals surface area contributed by atoms with Crippen LogP contribution in [0.1, 0.15) is 50.7 Å². The highest BCUT2D eigenvalue weighted by atomic mass is 35.5.